The average molecular weight is 265 g/mol. The lowest BCUT2D eigenvalue weighted by atomic mass is 10.2. The summed E-state index contributed by atoms with van der Waals surface area (Å²) in [6, 6.07) is 7.67. The lowest BCUT2D eigenvalue weighted by Gasteiger charge is -2.18. The predicted molar refractivity (Wildman–Crippen MR) is 75.2 cm³/mol. The fraction of sp³-hybridized carbons (Fsp3) is 0.533. The first-order chi connectivity index (χ1) is 9.02. The SMILES string of the molecule is Cc1cccc(OC(C)C(=O)NC(C)CCCO)c1. The number of amides is 1. The Hall–Kier alpha value is -1.55. The van der Waals surface area contributed by atoms with Crippen LogP contribution in [0.2, 0.25) is 0 Å². The molecule has 0 aliphatic carbocycles. The quantitative estimate of drug-likeness (QED) is 0.793. The molecule has 4 heteroatoms. The Morgan fingerprint density at radius 3 is 2.79 bits per heavy atom. The molecular formula is C15H23NO3. The molecule has 2 N–H and O–H groups in total. The Kier molecular flexibility index (Phi) is 6.36. The van der Waals surface area contributed by atoms with Gasteiger partial charge in [-0.15, -0.1) is 0 Å². The van der Waals surface area contributed by atoms with E-state index in [1.165, 1.54) is 0 Å². The molecule has 1 rings (SSSR count). The average Bonchev–Trinajstić information content (AvgIpc) is 2.36. The topological polar surface area (TPSA) is 58.6 Å². The van der Waals surface area contributed by atoms with Crippen LogP contribution in [0.15, 0.2) is 24.3 Å². The Labute approximate surface area is 114 Å². The summed E-state index contributed by atoms with van der Waals surface area (Å²) in [6.07, 6.45) is 0.923. The van der Waals surface area contributed by atoms with Crippen LogP contribution >= 0.6 is 0 Å². The summed E-state index contributed by atoms with van der Waals surface area (Å²) >= 11 is 0. The first-order valence-electron chi connectivity index (χ1n) is 6.67. The molecule has 0 aromatic heterocycles. The van der Waals surface area contributed by atoms with E-state index in [1.54, 1.807) is 6.92 Å². The van der Waals surface area contributed by atoms with Crippen molar-refractivity contribution in [2.45, 2.75) is 45.8 Å². The molecule has 0 heterocycles. The zero-order valence-electron chi connectivity index (χ0n) is 11.8. The number of ether oxygens (including phenoxy) is 1. The van der Waals surface area contributed by atoms with Crippen molar-refractivity contribution >= 4 is 5.91 Å². The van der Waals surface area contributed by atoms with Gasteiger partial charge in [0.15, 0.2) is 6.10 Å². The Morgan fingerprint density at radius 2 is 2.16 bits per heavy atom. The van der Waals surface area contributed by atoms with Crippen LogP contribution in [-0.2, 0) is 4.79 Å². The molecule has 2 unspecified atom stereocenters. The number of aryl methyl sites for hydroxylation is 1. The standard InChI is InChI=1S/C15H23NO3/c1-11-6-4-8-14(10-11)19-13(3)15(18)16-12(2)7-5-9-17/h4,6,8,10,12-13,17H,5,7,9H2,1-3H3,(H,16,18). The minimum Gasteiger partial charge on any atom is -0.481 e. The smallest absolute Gasteiger partial charge is 0.260 e. The molecule has 0 saturated heterocycles. The maximum atomic E-state index is 11.9. The summed E-state index contributed by atoms with van der Waals surface area (Å²) in [5.74, 6) is 0.567. The fourth-order valence-electron chi connectivity index (χ4n) is 1.78. The van der Waals surface area contributed by atoms with Gasteiger partial charge < -0.3 is 15.2 Å². The van der Waals surface area contributed by atoms with Gasteiger partial charge in [-0.05, 0) is 51.3 Å². The van der Waals surface area contributed by atoms with Crippen LogP contribution in [0.25, 0.3) is 0 Å². The predicted octanol–water partition coefficient (Wildman–Crippen LogP) is 2.04. The molecule has 4 nitrogen and oxygen atoms in total. The molecule has 2 atom stereocenters. The van der Waals surface area contributed by atoms with Crippen molar-refractivity contribution in [3.8, 4) is 5.75 Å². The molecule has 0 radical (unpaired) electrons. The third-order valence-electron chi connectivity index (χ3n) is 2.86. The molecule has 0 aliphatic rings. The highest BCUT2D eigenvalue weighted by Crippen LogP contribution is 2.14. The van der Waals surface area contributed by atoms with Gasteiger partial charge in [-0.2, -0.15) is 0 Å². The summed E-state index contributed by atoms with van der Waals surface area (Å²) in [5.41, 5.74) is 1.10. The maximum absolute atomic E-state index is 11.9. The number of benzene rings is 1. The van der Waals surface area contributed by atoms with E-state index in [1.807, 2.05) is 38.1 Å². The van der Waals surface area contributed by atoms with Crippen molar-refractivity contribution in [1.29, 1.82) is 0 Å². The Morgan fingerprint density at radius 1 is 1.42 bits per heavy atom. The first-order valence-corrected chi connectivity index (χ1v) is 6.67. The first kappa shape index (κ1) is 15.5. The lowest BCUT2D eigenvalue weighted by molar-refractivity contribution is -0.127. The van der Waals surface area contributed by atoms with Crippen LogP contribution in [-0.4, -0.2) is 29.8 Å². The third kappa shape index (κ3) is 5.75. The van der Waals surface area contributed by atoms with Crippen LogP contribution < -0.4 is 10.1 Å². The van der Waals surface area contributed by atoms with Gasteiger partial charge >= 0.3 is 0 Å². The molecule has 0 bridgehead atoms. The van der Waals surface area contributed by atoms with Gasteiger partial charge in [0.2, 0.25) is 0 Å². The molecule has 0 spiro atoms. The van der Waals surface area contributed by atoms with E-state index in [-0.39, 0.29) is 18.6 Å². The highest BCUT2D eigenvalue weighted by molar-refractivity contribution is 5.80. The van der Waals surface area contributed by atoms with E-state index < -0.39 is 6.10 Å². The number of nitrogens with one attached hydrogen (secondary N) is 1. The molecule has 19 heavy (non-hydrogen) atoms. The molecule has 0 saturated carbocycles. The summed E-state index contributed by atoms with van der Waals surface area (Å²) in [4.78, 5) is 11.9. The van der Waals surface area contributed by atoms with Gasteiger partial charge in [0, 0.05) is 12.6 Å². The molecule has 0 fully saturated rings. The Balaban J connectivity index is 2.44. The van der Waals surface area contributed by atoms with Crippen LogP contribution in [0.4, 0.5) is 0 Å². The summed E-state index contributed by atoms with van der Waals surface area (Å²) < 4.78 is 5.60. The zero-order valence-corrected chi connectivity index (χ0v) is 11.8. The number of hydrogen-bond acceptors (Lipinski definition) is 3. The summed E-state index contributed by atoms with van der Waals surface area (Å²) in [7, 11) is 0. The second kappa shape index (κ2) is 7.79. The minimum atomic E-state index is -0.529. The van der Waals surface area contributed by atoms with Crippen LogP contribution in [0.3, 0.4) is 0 Å². The second-order valence-corrected chi connectivity index (χ2v) is 4.85. The molecule has 1 aromatic rings. The van der Waals surface area contributed by atoms with E-state index in [0.29, 0.717) is 12.2 Å². The summed E-state index contributed by atoms with van der Waals surface area (Å²) in [6.45, 7) is 5.79. The van der Waals surface area contributed by atoms with E-state index in [2.05, 4.69) is 5.32 Å². The van der Waals surface area contributed by atoms with Crippen molar-refractivity contribution in [3.05, 3.63) is 29.8 Å². The number of aliphatic hydroxyl groups excluding tert-OH is 1. The largest absolute Gasteiger partial charge is 0.481 e. The number of carbonyl (C=O) groups excluding carboxylic acids is 1. The molecule has 1 aromatic carbocycles. The van der Waals surface area contributed by atoms with Gasteiger partial charge in [0.1, 0.15) is 5.75 Å². The van der Waals surface area contributed by atoms with Gasteiger partial charge in [-0.25, -0.2) is 0 Å². The molecule has 106 valence electrons. The number of hydrogen-bond donors (Lipinski definition) is 2. The van der Waals surface area contributed by atoms with Crippen molar-refractivity contribution in [2.24, 2.45) is 0 Å². The zero-order chi connectivity index (χ0) is 14.3. The van der Waals surface area contributed by atoms with Gasteiger partial charge in [0.05, 0.1) is 0 Å². The van der Waals surface area contributed by atoms with Crippen molar-refractivity contribution in [3.63, 3.8) is 0 Å². The maximum Gasteiger partial charge on any atom is 0.260 e. The third-order valence-corrected chi connectivity index (χ3v) is 2.86. The number of carbonyl (C=O) groups is 1. The van der Waals surface area contributed by atoms with E-state index in [0.717, 1.165) is 12.0 Å². The van der Waals surface area contributed by atoms with E-state index in [9.17, 15) is 4.79 Å². The molecule has 0 aliphatic heterocycles. The van der Waals surface area contributed by atoms with Crippen molar-refractivity contribution in [2.75, 3.05) is 6.61 Å². The number of aliphatic hydroxyl groups is 1. The van der Waals surface area contributed by atoms with E-state index in [4.69, 9.17) is 9.84 Å². The fourth-order valence-corrected chi connectivity index (χ4v) is 1.78. The summed E-state index contributed by atoms with van der Waals surface area (Å²) in [5, 5.41) is 11.6. The van der Waals surface area contributed by atoms with Gasteiger partial charge in [-0.3, -0.25) is 4.79 Å². The Bertz CT molecular complexity index is 406. The van der Waals surface area contributed by atoms with Crippen molar-refractivity contribution < 1.29 is 14.6 Å². The highest BCUT2D eigenvalue weighted by Gasteiger charge is 2.16. The van der Waals surface area contributed by atoms with Crippen LogP contribution in [0, 0.1) is 6.92 Å². The van der Waals surface area contributed by atoms with Crippen molar-refractivity contribution in [1.82, 2.24) is 5.32 Å². The number of rotatable bonds is 7. The van der Waals surface area contributed by atoms with E-state index >= 15 is 0 Å². The van der Waals surface area contributed by atoms with Crippen LogP contribution in [0.5, 0.6) is 5.75 Å². The van der Waals surface area contributed by atoms with Gasteiger partial charge in [0.25, 0.3) is 5.91 Å². The highest BCUT2D eigenvalue weighted by atomic mass is 16.5. The lowest BCUT2D eigenvalue weighted by Crippen LogP contribution is -2.41. The molecular weight excluding hydrogens is 242 g/mol. The second-order valence-electron chi connectivity index (χ2n) is 4.85. The normalized spacial score (nSPS) is 13.7. The minimum absolute atomic E-state index is 0.0446. The molecule has 1 amide bonds. The van der Waals surface area contributed by atoms with Gasteiger partial charge in [-0.1, -0.05) is 12.1 Å². The van der Waals surface area contributed by atoms with Crippen LogP contribution in [0.1, 0.15) is 32.3 Å². The monoisotopic (exact) mass is 265 g/mol.